The number of amides is 2. The predicted molar refractivity (Wildman–Crippen MR) is 114 cm³/mol. The van der Waals surface area contributed by atoms with Gasteiger partial charge in [0.25, 0.3) is 0 Å². The van der Waals surface area contributed by atoms with Gasteiger partial charge in [-0.05, 0) is 43.0 Å². The molecule has 0 spiro atoms. The Labute approximate surface area is 173 Å². The third-order valence-electron chi connectivity index (χ3n) is 4.98. The van der Waals surface area contributed by atoms with Gasteiger partial charge in [0.2, 0.25) is 11.8 Å². The Balaban J connectivity index is 2.05. The van der Waals surface area contributed by atoms with Crippen LogP contribution in [0.15, 0.2) is 54.6 Å². The minimum absolute atomic E-state index is 0.0885. The van der Waals surface area contributed by atoms with Crippen LogP contribution in [0.4, 0.5) is 4.39 Å². The maximum absolute atomic E-state index is 13.2. The lowest BCUT2D eigenvalue weighted by atomic mass is 10.1. The quantitative estimate of drug-likeness (QED) is 0.567. The van der Waals surface area contributed by atoms with Crippen molar-refractivity contribution in [1.82, 2.24) is 10.2 Å². The van der Waals surface area contributed by atoms with Gasteiger partial charge >= 0.3 is 0 Å². The first kappa shape index (κ1) is 22.6. The number of carbonyl (C=O) groups is 2. The zero-order valence-electron chi connectivity index (χ0n) is 17.4. The fraction of sp³-hybridized carbons (Fsp3) is 0.417. The number of benzene rings is 2. The summed E-state index contributed by atoms with van der Waals surface area (Å²) in [6.45, 7) is 4.75. The fourth-order valence-corrected chi connectivity index (χ4v) is 3.14. The molecule has 0 aliphatic carbocycles. The van der Waals surface area contributed by atoms with Gasteiger partial charge in [0.15, 0.2) is 0 Å². The van der Waals surface area contributed by atoms with E-state index in [4.69, 9.17) is 0 Å². The van der Waals surface area contributed by atoms with Crippen LogP contribution in [0, 0.1) is 5.82 Å². The van der Waals surface area contributed by atoms with Crippen LogP contribution < -0.4 is 5.32 Å². The van der Waals surface area contributed by atoms with Crippen LogP contribution in [0.25, 0.3) is 0 Å². The Morgan fingerprint density at radius 2 is 1.69 bits per heavy atom. The first-order chi connectivity index (χ1) is 14.0. The highest BCUT2D eigenvalue weighted by molar-refractivity contribution is 5.87. The molecular weight excluding hydrogens is 367 g/mol. The van der Waals surface area contributed by atoms with Crippen LogP contribution in [-0.2, 0) is 22.6 Å². The number of rotatable bonds is 11. The number of nitrogens with zero attached hydrogens (tertiary/aromatic N) is 1. The van der Waals surface area contributed by atoms with Gasteiger partial charge in [0.1, 0.15) is 11.9 Å². The molecule has 0 aromatic heterocycles. The average Bonchev–Trinajstić information content (AvgIpc) is 2.74. The van der Waals surface area contributed by atoms with E-state index in [1.54, 1.807) is 24.0 Å². The number of halogens is 1. The molecule has 2 rings (SSSR count). The van der Waals surface area contributed by atoms with Crippen LogP contribution >= 0.6 is 0 Å². The molecule has 2 amide bonds. The predicted octanol–water partition coefficient (Wildman–Crippen LogP) is 4.48. The van der Waals surface area contributed by atoms with E-state index in [9.17, 15) is 14.0 Å². The topological polar surface area (TPSA) is 49.4 Å². The van der Waals surface area contributed by atoms with E-state index in [0.29, 0.717) is 19.4 Å². The third kappa shape index (κ3) is 7.68. The summed E-state index contributed by atoms with van der Waals surface area (Å²) >= 11 is 0. The van der Waals surface area contributed by atoms with Gasteiger partial charge in [0.05, 0.1) is 0 Å². The van der Waals surface area contributed by atoms with Gasteiger partial charge < -0.3 is 10.2 Å². The lowest BCUT2D eigenvalue weighted by molar-refractivity contribution is -0.140. The van der Waals surface area contributed by atoms with E-state index in [-0.39, 0.29) is 24.2 Å². The number of hydrogen-bond donors (Lipinski definition) is 1. The molecule has 1 atom stereocenters. The molecule has 2 aromatic carbocycles. The fourth-order valence-electron chi connectivity index (χ4n) is 3.14. The van der Waals surface area contributed by atoms with Gasteiger partial charge in [-0.15, -0.1) is 0 Å². The zero-order valence-corrected chi connectivity index (χ0v) is 17.4. The molecule has 0 radical (unpaired) electrons. The van der Waals surface area contributed by atoms with Crippen molar-refractivity contribution in [3.8, 4) is 0 Å². The summed E-state index contributed by atoms with van der Waals surface area (Å²) < 4.78 is 13.2. The normalized spacial score (nSPS) is 11.7. The summed E-state index contributed by atoms with van der Waals surface area (Å²) in [6.07, 6.45) is 4.00. The molecule has 0 saturated heterocycles. The van der Waals surface area contributed by atoms with Gasteiger partial charge in [-0.3, -0.25) is 9.59 Å². The van der Waals surface area contributed by atoms with Gasteiger partial charge in [0, 0.05) is 19.5 Å². The monoisotopic (exact) mass is 398 g/mol. The molecule has 0 fully saturated rings. The summed E-state index contributed by atoms with van der Waals surface area (Å²) in [5.74, 6) is -0.567. The van der Waals surface area contributed by atoms with Crippen LogP contribution in [0.3, 0.4) is 0 Å². The Kier molecular flexibility index (Phi) is 9.35. The summed E-state index contributed by atoms with van der Waals surface area (Å²) in [5, 5.41) is 2.93. The van der Waals surface area contributed by atoms with Crippen molar-refractivity contribution in [3.63, 3.8) is 0 Å². The number of unbranched alkanes of at least 4 members (excludes halogenated alkanes) is 2. The molecule has 156 valence electrons. The van der Waals surface area contributed by atoms with Crippen molar-refractivity contribution in [3.05, 3.63) is 71.5 Å². The van der Waals surface area contributed by atoms with Crippen LogP contribution in [0.5, 0.6) is 0 Å². The second kappa shape index (κ2) is 12.0. The highest BCUT2D eigenvalue weighted by atomic mass is 19.1. The highest BCUT2D eigenvalue weighted by Gasteiger charge is 2.25. The number of hydrogen-bond acceptors (Lipinski definition) is 2. The van der Waals surface area contributed by atoms with Crippen LogP contribution in [0.1, 0.15) is 50.7 Å². The molecule has 0 aliphatic heterocycles. The van der Waals surface area contributed by atoms with Crippen molar-refractivity contribution >= 4 is 11.8 Å². The van der Waals surface area contributed by atoms with Crippen molar-refractivity contribution in [2.45, 2.75) is 58.5 Å². The van der Waals surface area contributed by atoms with Gasteiger partial charge in [-0.2, -0.15) is 0 Å². The Bertz CT molecular complexity index is 762. The molecular formula is C24H31FN2O2. The third-order valence-corrected chi connectivity index (χ3v) is 4.98. The number of nitrogens with one attached hydrogen (secondary N) is 1. The van der Waals surface area contributed by atoms with Crippen LogP contribution in [-0.4, -0.2) is 29.3 Å². The van der Waals surface area contributed by atoms with E-state index in [1.807, 2.05) is 30.3 Å². The maximum atomic E-state index is 13.2. The zero-order chi connectivity index (χ0) is 21.1. The smallest absolute Gasteiger partial charge is 0.242 e. The van der Waals surface area contributed by atoms with E-state index < -0.39 is 6.04 Å². The van der Waals surface area contributed by atoms with Crippen LogP contribution in [0.2, 0.25) is 0 Å². The van der Waals surface area contributed by atoms with E-state index >= 15 is 0 Å². The van der Waals surface area contributed by atoms with Crippen molar-refractivity contribution < 1.29 is 14.0 Å². The van der Waals surface area contributed by atoms with Gasteiger partial charge in [-0.1, -0.05) is 62.2 Å². The molecule has 0 aliphatic rings. The summed E-state index contributed by atoms with van der Waals surface area (Å²) in [6, 6.07) is 15.3. The van der Waals surface area contributed by atoms with Gasteiger partial charge in [-0.25, -0.2) is 4.39 Å². The SMILES string of the molecule is CCCCCNC(=O)C(C)N(Cc1ccc(F)cc1)C(=O)CCc1ccccc1. The molecule has 1 N–H and O–H groups in total. The molecule has 1 unspecified atom stereocenters. The molecule has 5 heteroatoms. The lowest BCUT2D eigenvalue weighted by Gasteiger charge is -2.29. The Morgan fingerprint density at radius 1 is 1.00 bits per heavy atom. The van der Waals surface area contributed by atoms with Crippen molar-refractivity contribution in [2.24, 2.45) is 0 Å². The summed E-state index contributed by atoms with van der Waals surface area (Å²) in [7, 11) is 0. The molecule has 4 nitrogen and oxygen atoms in total. The maximum Gasteiger partial charge on any atom is 0.242 e. The molecule has 2 aromatic rings. The van der Waals surface area contributed by atoms with Crippen molar-refractivity contribution in [2.75, 3.05) is 6.54 Å². The minimum Gasteiger partial charge on any atom is -0.354 e. The van der Waals surface area contributed by atoms with E-state index in [1.165, 1.54) is 12.1 Å². The molecule has 0 bridgehead atoms. The number of aryl methyl sites for hydroxylation is 1. The number of carbonyl (C=O) groups excluding carboxylic acids is 2. The summed E-state index contributed by atoms with van der Waals surface area (Å²) in [5.41, 5.74) is 1.88. The minimum atomic E-state index is -0.593. The molecule has 0 saturated carbocycles. The first-order valence-electron chi connectivity index (χ1n) is 10.4. The summed E-state index contributed by atoms with van der Waals surface area (Å²) in [4.78, 5) is 27.2. The second-order valence-electron chi connectivity index (χ2n) is 7.31. The standard InChI is InChI=1S/C24H31FN2O2/c1-3-4-8-17-26-24(29)19(2)27(18-21-11-14-22(25)15-12-21)23(28)16-13-20-9-6-5-7-10-20/h5-7,9-12,14-15,19H,3-4,8,13,16-18H2,1-2H3,(H,26,29). The molecule has 29 heavy (non-hydrogen) atoms. The van der Waals surface area contributed by atoms with E-state index in [0.717, 1.165) is 30.4 Å². The van der Waals surface area contributed by atoms with Crippen molar-refractivity contribution in [1.29, 1.82) is 0 Å². The highest BCUT2D eigenvalue weighted by Crippen LogP contribution is 2.14. The Morgan fingerprint density at radius 3 is 2.34 bits per heavy atom. The largest absolute Gasteiger partial charge is 0.354 e. The first-order valence-corrected chi connectivity index (χ1v) is 10.4. The second-order valence-corrected chi connectivity index (χ2v) is 7.31. The molecule has 0 heterocycles. The van der Waals surface area contributed by atoms with E-state index in [2.05, 4.69) is 12.2 Å². The lowest BCUT2D eigenvalue weighted by Crippen LogP contribution is -2.47. The Hall–Kier alpha value is -2.69. The average molecular weight is 399 g/mol.